The van der Waals surface area contributed by atoms with Crippen molar-refractivity contribution in [3.8, 4) is 11.8 Å². The van der Waals surface area contributed by atoms with Crippen LogP contribution in [0.4, 0.5) is 4.79 Å². The highest BCUT2D eigenvalue weighted by atomic mass is 16.6. The maximum Gasteiger partial charge on any atom is 0.408 e. The first-order valence-electron chi connectivity index (χ1n) is 13.6. The smallest absolute Gasteiger partial charge is 0.408 e. The molecule has 0 unspecified atom stereocenters. The van der Waals surface area contributed by atoms with Gasteiger partial charge in [-0.1, -0.05) is 13.8 Å². The molecule has 3 rings (SSSR count). The van der Waals surface area contributed by atoms with Crippen LogP contribution in [-0.2, 0) is 23.9 Å². The third-order valence-electron chi connectivity index (χ3n) is 6.61. The number of amides is 3. The highest BCUT2D eigenvalue weighted by Crippen LogP contribution is 2.46. The summed E-state index contributed by atoms with van der Waals surface area (Å²) in [6, 6.07) is 5.44. The van der Waals surface area contributed by atoms with Crippen molar-refractivity contribution in [2.45, 2.75) is 97.1 Å². The second kappa shape index (κ2) is 12.1. The summed E-state index contributed by atoms with van der Waals surface area (Å²) in [5.74, 6) is -0.791. The summed E-state index contributed by atoms with van der Waals surface area (Å²) in [6.45, 7) is 12.6. The highest BCUT2D eigenvalue weighted by molar-refractivity contribution is 5.87. The molecule has 2 aliphatic heterocycles. The Bertz CT molecular complexity index is 1180. The predicted octanol–water partition coefficient (Wildman–Crippen LogP) is 3.36. The average molecular weight is 557 g/mol. The lowest BCUT2D eigenvalue weighted by molar-refractivity contribution is -0.176. The van der Waals surface area contributed by atoms with Gasteiger partial charge in [0.05, 0.1) is 11.6 Å². The van der Waals surface area contributed by atoms with Crippen molar-refractivity contribution in [1.82, 2.24) is 15.5 Å². The number of nitrogens with one attached hydrogen (secondary N) is 2. The van der Waals surface area contributed by atoms with Gasteiger partial charge < -0.3 is 29.7 Å². The van der Waals surface area contributed by atoms with E-state index in [9.17, 15) is 24.4 Å². The van der Waals surface area contributed by atoms with Crippen molar-refractivity contribution in [2.24, 2.45) is 5.92 Å². The Hall–Kier alpha value is -3.81. The third kappa shape index (κ3) is 7.64. The minimum absolute atomic E-state index is 0.0298. The monoisotopic (exact) mass is 556 g/mol. The first kappa shape index (κ1) is 30.7. The average Bonchev–Trinajstić information content (AvgIpc) is 3.26. The molecule has 1 aromatic rings. The Labute approximate surface area is 235 Å². The molecule has 3 atom stereocenters. The Balaban J connectivity index is 1.85. The second-order valence-electron chi connectivity index (χ2n) is 12.2. The van der Waals surface area contributed by atoms with Gasteiger partial charge in [-0.25, -0.2) is 9.59 Å². The van der Waals surface area contributed by atoms with Crippen molar-refractivity contribution in [1.29, 1.82) is 5.26 Å². The first-order valence-corrected chi connectivity index (χ1v) is 13.6. The predicted molar refractivity (Wildman–Crippen MR) is 145 cm³/mol. The number of rotatable bonds is 8. The fraction of sp³-hybridized carbons (Fsp3) is 0.621. The van der Waals surface area contributed by atoms with E-state index in [-0.39, 0.29) is 24.8 Å². The van der Waals surface area contributed by atoms with Gasteiger partial charge in [-0.15, -0.1) is 0 Å². The Morgan fingerprint density at radius 2 is 1.95 bits per heavy atom. The van der Waals surface area contributed by atoms with Gasteiger partial charge in [-0.3, -0.25) is 9.59 Å². The fourth-order valence-electron chi connectivity index (χ4n) is 4.93. The molecule has 2 N–H and O–H groups in total. The molecule has 0 radical (unpaired) electrons. The zero-order valence-electron chi connectivity index (χ0n) is 24.3. The van der Waals surface area contributed by atoms with Crippen LogP contribution < -0.4 is 15.4 Å². The van der Waals surface area contributed by atoms with Crippen molar-refractivity contribution in [2.75, 3.05) is 13.1 Å². The maximum atomic E-state index is 13.6. The van der Waals surface area contributed by atoms with Crippen molar-refractivity contribution >= 4 is 23.9 Å². The molecule has 40 heavy (non-hydrogen) atoms. The number of nitriles is 1. The van der Waals surface area contributed by atoms with Gasteiger partial charge in [0, 0.05) is 18.5 Å². The number of benzene rings is 1. The first-order chi connectivity index (χ1) is 18.6. The van der Waals surface area contributed by atoms with Gasteiger partial charge >= 0.3 is 12.1 Å². The van der Waals surface area contributed by atoms with E-state index in [0.29, 0.717) is 36.3 Å². The number of alkyl carbamates (subject to hydrolysis) is 1. The fourth-order valence-corrected chi connectivity index (χ4v) is 4.93. The van der Waals surface area contributed by atoms with E-state index >= 15 is 0 Å². The summed E-state index contributed by atoms with van der Waals surface area (Å²) in [7, 11) is 0. The summed E-state index contributed by atoms with van der Waals surface area (Å²) in [4.78, 5) is 52.8. The minimum atomic E-state index is -1.03. The van der Waals surface area contributed by atoms with Crippen molar-refractivity contribution in [3.63, 3.8) is 0 Å². The number of fused-ring (bicyclic) bond motifs is 1. The molecule has 0 aliphatic carbocycles. The SMILES string of the molecule is CC(C)C[C@@H](NC(=O)CNC(=O)OC(C)(C)C)C(=O)O[C@H]1[C@H](N2CCCC2=O)c2cc(C#N)ccc2OC1(C)C. The molecule has 0 saturated carbocycles. The minimum Gasteiger partial charge on any atom is -0.484 e. The van der Waals surface area contributed by atoms with Crippen LogP contribution in [0.5, 0.6) is 5.75 Å². The summed E-state index contributed by atoms with van der Waals surface area (Å²) in [5, 5.41) is 14.6. The zero-order valence-corrected chi connectivity index (χ0v) is 24.3. The summed E-state index contributed by atoms with van der Waals surface area (Å²) >= 11 is 0. The van der Waals surface area contributed by atoms with Gasteiger partial charge in [0.15, 0.2) is 6.10 Å². The number of hydrogen-bond acceptors (Lipinski definition) is 8. The van der Waals surface area contributed by atoms with Gasteiger partial charge in [-0.2, -0.15) is 5.26 Å². The Morgan fingerprint density at radius 3 is 2.52 bits per heavy atom. The third-order valence-corrected chi connectivity index (χ3v) is 6.61. The van der Waals surface area contributed by atoms with Gasteiger partial charge in [0.25, 0.3) is 0 Å². The van der Waals surface area contributed by atoms with Gasteiger partial charge in [0.2, 0.25) is 11.8 Å². The number of carbonyl (C=O) groups excluding carboxylic acids is 4. The molecule has 2 heterocycles. The molecule has 2 aliphatic rings. The van der Waals surface area contributed by atoms with Gasteiger partial charge in [-0.05, 0) is 71.6 Å². The van der Waals surface area contributed by atoms with E-state index < -0.39 is 47.4 Å². The number of carbonyl (C=O) groups is 4. The summed E-state index contributed by atoms with van der Waals surface area (Å²) < 4.78 is 17.5. The van der Waals surface area contributed by atoms with Crippen LogP contribution in [0.3, 0.4) is 0 Å². The molecule has 0 aromatic heterocycles. The number of likely N-dealkylation sites (tertiary alicyclic amines) is 1. The van der Waals surface area contributed by atoms with E-state index in [1.807, 2.05) is 13.8 Å². The van der Waals surface area contributed by atoms with E-state index in [1.54, 1.807) is 57.7 Å². The van der Waals surface area contributed by atoms with Crippen LogP contribution in [0.15, 0.2) is 18.2 Å². The van der Waals surface area contributed by atoms with E-state index in [0.717, 1.165) is 0 Å². The largest absolute Gasteiger partial charge is 0.484 e. The molecule has 11 heteroatoms. The van der Waals surface area contributed by atoms with Crippen LogP contribution in [-0.4, -0.2) is 65.2 Å². The molecule has 0 bridgehead atoms. The lowest BCUT2D eigenvalue weighted by Gasteiger charge is -2.47. The Kier molecular flexibility index (Phi) is 9.33. The van der Waals surface area contributed by atoms with Crippen LogP contribution in [0.25, 0.3) is 0 Å². The maximum absolute atomic E-state index is 13.6. The molecular weight excluding hydrogens is 516 g/mol. The molecule has 11 nitrogen and oxygen atoms in total. The number of nitrogens with zero attached hydrogens (tertiary/aromatic N) is 2. The van der Waals surface area contributed by atoms with E-state index in [4.69, 9.17) is 14.2 Å². The highest BCUT2D eigenvalue weighted by Gasteiger charge is 2.51. The van der Waals surface area contributed by atoms with Crippen molar-refractivity contribution < 1.29 is 33.4 Å². The standard InChI is InChI=1S/C29H40N4O7/c1-17(2)13-20(32-22(34)16-31-27(37)40-28(3,4)5)26(36)38-25-24(33-12-8-9-23(33)35)19-14-18(15-30)10-11-21(19)39-29(25,6)7/h10-11,14,17,20,24-25H,8-9,12-13,16H2,1-7H3,(H,31,37)(H,32,34)/t20-,24-,25+/m1/s1. The molecule has 3 amide bonds. The molecule has 1 saturated heterocycles. The summed E-state index contributed by atoms with van der Waals surface area (Å²) in [6.07, 6.45) is -0.341. The molecule has 1 aromatic carbocycles. The molecule has 1 fully saturated rings. The van der Waals surface area contributed by atoms with Crippen LogP contribution >= 0.6 is 0 Å². The second-order valence-corrected chi connectivity index (χ2v) is 12.2. The van der Waals surface area contributed by atoms with Crippen LogP contribution in [0, 0.1) is 17.2 Å². The topological polar surface area (TPSA) is 147 Å². The normalized spacial score (nSPS) is 20.6. The van der Waals surface area contributed by atoms with Crippen LogP contribution in [0.2, 0.25) is 0 Å². The quantitative estimate of drug-likeness (QED) is 0.463. The molecule has 218 valence electrons. The number of ether oxygens (including phenoxy) is 3. The number of hydrogen-bond donors (Lipinski definition) is 2. The molecule has 0 spiro atoms. The van der Waals surface area contributed by atoms with Crippen molar-refractivity contribution in [3.05, 3.63) is 29.3 Å². The van der Waals surface area contributed by atoms with E-state index in [2.05, 4.69) is 16.7 Å². The zero-order chi connectivity index (χ0) is 29.8. The lowest BCUT2D eigenvalue weighted by Crippen LogP contribution is -2.57. The van der Waals surface area contributed by atoms with Gasteiger partial charge in [0.1, 0.15) is 35.6 Å². The Morgan fingerprint density at radius 1 is 1.25 bits per heavy atom. The van der Waals surface area contributed by atoms with E-state index in [1.165, 1.54) is 0 Å². The van der Waals surface area contributed by atoms with Crippen LogP contribution in [0.1, 0.15) is 84.9 Å². The molecular formula is C29H40N4O7. The lowest BCUT2D eigenvalue weighted by atomic mass is 9.84. The summed E-state index contributed by atoms with van der Waals surface area (Å²) in [5.41, 5.74) is -0.766. The number of esters is 1.